The van der Waals surface area contributed by atoms with Gasteiger partial charge in [-0.3, -0.25) is 9.79 Å². The molecule has 3 aromatic carbocycles. The van der Waals surface area contributed by atoms with E-state index >= 15 is 0 Å². The maximum atomic E-state index is 14.6. The van der Waals surface area contributed by atoms with Crippen LogP contribution in [0.3, 0.4) is 0 Å². The Morgan fingerprint density at radius 2 is 1.88 bits per heavy atom. The van der Waals surface area contributed by atoms with Gasteiger partial charge in [-0.1, -0.05) is 41.8 Å². The summed E-state index contributed by atoms with van der Waals surface area (Å²) >= 11 is 13.0. The molecule has 1 saturated heterocycles. The molecular formula is C32H32Cl2FN3O2. The highest BCUT2D eigenvalue weighted by Crippen LogP contribution is 2.57. The summed E-state index contributed by atoms with van der Waals surface area (Å²) in [5, 5.41) is 7.93. The van der Waals surface area contributed by atoms with Crippen LogP contribution in [0.2, 0.25) is 10.0 Å². The lowest BCUT2D eigenvalue weighted by Crippen LogP contribution is -2.51. The number of carbonyl (C=O) groups is 1. The largest absolute Gasteiger partial charge is 0.491 e. The fraction of sp³-hybridized carbons (Fsp3) is 0.375. The Balaban J connectivity index is 1.39. The number of ether oxygens (including phenoxy) is 1. The lowest BCUT2D eigenvalue weighted by molar-refractivity contribution is -0.127. The summed E-state index contributed by atoms with van der Waals surface area (Å²) in [6.07, 6.45) is 5.84. The predicted octanol–water partition coefficient (Wildman–Crippen LogP) is 7.21. The van der Waals surface area contributed by atoms with Crippen molar-refractivity contribution in [3.63, 3.8) is 0 Å². The zero-order valence-corrected chi connectivity index (χ0v) is 23.9. The minimum atomic E-state index is -0.641. The number of aryl methyl sites for hydroxylation is 1. The number of hydrogen-bond acceptors (Lipinski definition) is 4. The summed E-state index contributed by atoms with van der Waals surface area (Å²) in [5.41, 5.74) is 4.05. The fourth-order valence-corrected chi connectivity index (χ4v) is 6.83. The second-order valence-corrected chi connectivity index (χ2v) is 11.9. The van der Waals surface area contributed by atoms with E-state index in [1.54, 1.807) is 6.07 Å². The number of halogens is 3. The number of nitrogens with zero attached hydrogens (tertiary/aromatic N) is 1. The van der Waals surface area contributed by atoms with Crippen molar-refractivity contribution in [2.45, 2.75) is 50.0 Å². The Kier molecular flexibility index (Phi) is 7.60. The van der Waals surface area contributed by atoms with E-state index in [0.29, 0.717) is 29.7 Å². The van der Waals surface area contributed by atoms with Crippen LogP contribution in [0, 0.1) is 18.7 Å². The van der Waals surface area contributed by atoms with Crippen LogP contribution in [0.15, 0.2) is 59.6 Å². The molecule has 0 radical (unpaired) electrons. The molecule has 2 heterocycles. The Morgan fingerprint density at radius 1 is 1.07 bits per heavy atom. The molecule has 1 saturated carbocycles. The number of rotatable bonds is 7. The molecule has 2 aliphatic heterocycles. The van der Waals surface area contributed by atoms with Crippen LogP contribution in [0.25, 0.3) is 0 Å². The van der Waals surface area contributed by atoms with Crippen LogP contribution in [0.1, 0.15) is 59.9 Å². The summed E-state index contributed by atoms with van der Waals surface area (Å²) in [6, 6.07) is 16.2. The second kappa shape index (κ2) is 11.2. The van der Waals surface area contributed by atoms with Gasteiger partial charge in [-0.05, 0) is 91.9 Å². The fourth-order valence-electron chi connectivity index (χ4n) is 6.49. The van der Waals surface area contributed by atoms with Crippen molar-refractivity contribution in [1.29, 1.82) is 0 Å². The van der Waals surface area contributed by atoms with E-state index in [1.807, 2.05) is 55.6 Å². The SMILES string of the molecule is Cc1ccc(F)cc1[C@@H]1NCC[C@@H](c2cc(Cl)ccc2OCCNC(=O)C2CCC2)[C@@]12C=Nc1cc(Cl)ccc12. The molecule has 3 atom stereocenters. The maximum absolute atomic E-state index is 14.6. The molecule has 0 unspecified atom stereocenters. The summed E-state index contributed by atoms with van der Waals surface area (Å²) < 4.78 is 20.9. The Hall–Kier alpha value is -2.93. The number of benzene rings is 3. The molecule has 1 aliphatic carbocycles. The molecular weight excluding hydrogens is 548 g/mol. The quantitative estimate of drug-likeness (QED) is 0.291. The Labute approximate surface area is 244 Å². The molecule has 3 aliphatic rings. The van der Waals surface area contributed by atoms with E-state index in [1.165, 1.54) is 6.07 Å². The first-order valence-corrected chi connectivity index (χ1v) is 14.7. The molecule has 5 nitrogen and oxygen atoms in total. The standard InChI is InChI=1S/C32H32Cl2FN3O2/c1-19-5-8-23(35)17-24(19)30-32(18-38-28-16-22(34)6-9-27(28)32)26(11-12-36-30)25-15-21(33)7-10-29(25)40-14-13-37-31(39)20-3-2-4-20/h5-10,15-18,20,26,30,36H,2-4,11-14H2,1H3,(H,37,39)/t26-,30-,32+/m0/s1. The second-order valence-electron chi connectivity index (χ2n) is 11.0. The van der Waals surface area contributed by atoms with Gasteiger partial charge in [-0.25, -0.2) is 4.39 Å². The molecule has 2 N–H and O–H groups in total. The molecule has 8 heteroatoms. The van der Waals surface area contributed by atoms with Crippen LogP contribution in [0.4, 0.5) is 10.1 Å². The highest BCUT2D eigenvalue weighted by atomic mass is 35.5. The van der Waals surface area contributed by atoms with Crippen molar-refractivity contribution in [2.24, 2.45) is 10.9 Å². The zero-order valence-electron chi connectivity index (χ0n) is 22.4. The van der Waals surface area contributed by atoms with Crippen molar-refractivity contribution in [3.05, 3.63) is 92.7 Å². The van der Waals surface area contributed by atoms with E-state index in [4.69, 9.17) is 32.9 Å². The van der Waals surface area contributed by atoms with Gasteiger partial charge < -0.3 is 15.4 Å². The van der Waals surface area contributed by atoms with E-state index in [0.717, 1.165) is 59.4 Å². The van der Waals surface area contributed by atoms with E-state index < -0.39 is 5.41 Å². The average molecular weight is 581 g/mol. The topological polar surface area (TPSA) is 62.7 Å². The summed E-state index contributed by atoms with van der Waals surface area (Å²) in [5.74, 6) is 0.611. The normalized spacial score (nSPS) is 23.6. The molecule has 0 aromatic heterocycles. The Morgan fingerprint density at radius 3 is 2.67 bits per heavy atom. The molecule has 3 aromatic rings. The smallest absolute Gasteiger partial charge is 0.223 e. The van der Waals surface area contributed by atoms with Crippen molar-refractivity contribution in [3.8, 4) is 5.75 Å². The van der Waals surface area contributed by atoms with Gasteiger partial charge in [0.05, 0.1) is 17.6 Å². The first kappa shape index (κ1) is 27.3. The number of amides is 1. The zero-order chi connectivity index (χ0) is 27.9. The van der Waals surface area contributed by atoms with E-state index in [9.17, 15) is 9.18 Å². The predicted molar refractivity (Wildman–Crippen MR) is 158 cm³/mol. The van der Waals surface area contributed by atoms with Crippen LogP contribution in [-0.4, -0.2) is 31.8 Å². The Bertz CT molecular complexity index is 1470. The van der Waals surface area contributed by atoms with Crippen LogP contribution in [0.5, 0.6) is 5.75 Å². The third-order valence-corrected chi connectivity index (χ3v) is 9.18. The van der Waals surface area contributed by atoms with E-state index in [-0.39, 0.29) is 29.6 Å². The number of nitrogens with one attached hydrogen (secondary N) is 2. The van der Waals surface area contributed by atoms with Crippen molar-refractivity contribution in [2.75, 3.05) is 19.7 Å². The number of hydrogen-bond donors (Lipinski definition) is 2. The molecule has 208 valence electrons. The third-order valence-electron chi connectivity index (χ3n) is 8.71. The van der Waals surface area contributed by atoms with Gasteiger partial charge >= 0.3 is 0 Å². The van der Waals surface area contributed by atoms with Crippen LogP contribution in [-0.2, 0) is 10.2 Å². The first-order chi connectivity index (χ1) is 19.4. The number of fused-ring (bicyclic) bond motifs is 2. The van der Waals surface area contributed by atoms with Gasteiger partial charge in [-0.2, -0.15) is 0 Å². The van der Waals surface area contributed by atoms with Crippen LogP contribution < -0.4 is 15.4 Å². The van der Waals surface area contributed by atoms with Gasteiger partial charge in [0, 0.05) is 39.7 Å². The molecule has 1 amide bonds. The lowest BCUT2D eigenvalue weighted by Gasteiger charge is -2.48. The molecule has 1 spiro atoms. The van der Waals surface area contributed by atoms with Crippen molar-refractivity contribution >= 4 is 41.0 Å². The summed E-state index contributed by atoms with van der Waals surface area (Å²) in [4.78, 5) is 17.1. The first-order valence-electron chi connectivity index (χ1n) is 13.9. The van der Waals surface area contributed by atoms with Gasteiger partial charge in [-0.15, -0.1) is 0 Å². The number of aliphatic imine (C=N–C) groups is 1. The highest BCUT2D eigenvalue weighted by Gasteiger charge is 2.53. The monoisotopic (exact) mass is 579 g/mol. The van der Waals surface area contributed by atoms with Gasteiger partial charge in [0.15, 0.2) is 0 Å². The van der Waals surface area contributed by atoms with Crippen molar-refractivity contribution in [1.82, 2.24) is 10.6 Å². The molecule has 2 fully saturated rings. The van der Waals surface area contributed by atoms with E-state index in [2.05, 4.69) is 10.6 Å². The molecule has 6 rings (SSSR count). The molecule has 0 bridgehead atoms. The lowest BCUT2D eigenvalue weighted by atomic mass is 9.59. The average Bonchev–Trinajstić information content (AvgIpc) is 3.26. The van der Waals surface area contributed by atoms with Gasteiger partial charge in [0.2, 0.25) is 5.91 Å². The number of carbonyl (C=O) groups excluding carboxylic acids is 1. The van der Waals surface area contributed by atoms with Gasteiger partial charge in [0.25, 0.3) is 0 Å². The summed E-state index contributed by atoms with van der Waals surface area (Å²) in [7, 11) is 0. The number of piperidine rings is 1. The third kappa shape index (κ3) is 4.91. The minimum absolute atomic E-state index is 0.0779. The van der Waals surface area contributed by atoms with Crippen LogP contribution >= 0.6 is 23.2 Å². The van der Waals surface area contributed by atoms with Crippen molar-refractivity contribution < 1.29 is 13.9 Å². The highest BCUT2D eigenvalue weighted by molar-refractivity contribution is 6.31. The minimum Gasteiger partial charge on any atom is -0.491 e. The van der Waals surface area contributed by atoms with Gasteiger partial charge in [0.1, 0.15) is 18.2 Å². The molecule has 40 heavy (non-hydrogen) atoms. The summed E-state index contributed by atoms with van der Waals surface area (Å²) in [6.45, 7) is 3.50. The maximum Gasteiger partial charge on any atom is 0.223 e.